The summed E-state index contributed by atoms with van der Waals surface area (Å²) in [5.74, 6) is -0.818. The van der Waals surface area contributed by atoms with E-state index in [1.807, 2.05) is 44.2 Å². The first kappa shape index (κ1) is 26.4. The first-order chi connectivity index (χ1) is 19.2. The second-order valence-electron chi connectivity index (χ2n) is 9.60. The van der Waals surface area contributed by atoms with Gasteiger partial charge in [-0.25, -0.2) is 9.78 Å². The van der Waals surface area contributed by atoms with E-state index in [0.717, 1.165) is 34.1 Å². The molecule has 3 aromatic carbocycles. The number of carboxylic acids is 1. The number of aromatic amines is 1. The zero-order valence-corrected chi connectivity index (χ0v) is 22.2. The lowest BCUT2D eigenvalue weighted by Crippen LogP contribution is -2.23. The maximum atomic E-state index is 13.0. The molecule has 0 fully saturated rings. The van der Waals surface area contributed by atoms with Gasteiger partial charge in [-0.1, -0.05) is 35.9 Å². The fourth-order valence-electron chi connectivity index (χ4n) is 4.92. The van der Waals surface area contributed by atoms with Gasteiger partial charge in [-0.2, -0.15) is 5.10 Å². The molecule has 0 saturated carbocycles. The molecule has 0 radical (unpaired) electrons. The van der Waals surface area contributed by atoms with E-state index in [1.54, 1.807) is 24.3 Å². The van der Waals surface area contributed by atoms with Crippen molar-refractivity contribution < 1.29 is 14.7 Å². The molecule has 10 nitrogen and oxygen atoms in total. The van der Waals surface area contributed by atoms with E-state index in [-0.39, 0.29) is 23.9 Å². The van der Waals surface area contributed by atoms with E-state index >= 15 is 0 Å². The normalized spacial score (nSPS) is 11.1. The molecule has 0 saturated heterocycles. The highest BCUT2D eigenvalue weighted by Gasteiger charge is 2.19. The van der Waals surface area contributed by atoms with Crippen LogP contribution < -0.4 is 11.1 Å². The number of H-pyrrole nitrogens is 1. The number of aryl methyl sites for hydroxylation is 2. The summed E-state index contributed by atoms with van der Waals surface area (Å²) in [4.78, 5) is 29.3. The molecule has 5 rings (SSSR count). The average Bonchev–Trinajstić information content (AvgIpc) is 3.59. The first-order valence-electron chi connectivity index (χ1n) is 12.8. The summed E-state index contributed by atoms with van der Waals surface area (Å²) < 4.78 is 2.11. The Balaban J connectivity index is 1.60. The number of carbonyl (C=O) groups excluding carboxylic acids is 1. The van der Waals surface area contributed by atoms with E-state index in [0.29, 0.717) is 34.5 Å². The van der Waals surface area contributed by atoms with Gasteiger partial charge in [0.2, 0.25) is 0 Å². The number of carbonyl (C=O) groups is 2. The fourth-order valence-corrected chi connectivity index (χ4v) is 4.92. The number of amidine groups is 1. The van der Waals surface area contributed by atoms with Crippen molar-refractivity contribution in [2.45, 2.75) is 33.4 Å². The standard InChI is InChI=1S/C30H29N7O3/c1-3-37-15-21(22-9-7-19(28(31)32)13-26(22)37)11-18-5-6-20(29(38)33-14-27-34-16-35-36-27)12-24(18)23-8-4-17(2)10-25(23)30(39)40/h4-10,12-13,15-16H,3,11,14H2,1-2H3,(H3,31,32)(H,33,38)(H,39,40)(H,34,35,36). The topological polar surface area (TPSA) is 163 Å². The van der Waals surface area contributed by atoms with Gasteiger partial charge in [0.05, 0.1) is 12.1 Å². The van der Waals surface area contributed by atoms with Crippen LogP contribution in [0.1, 0.15) is 55.7 Å². The van der Waals surface area contributed by atoms with E-state index in [4.69, 9.17) is 11.1 Å². The van der Waals surface area contributed by atoms with Crippen LogP contribution in [0.2, 0.25) is 0 Å². The predicted molar refractivity (Wildman–Crippen MR) is 153 cm³/mol. The number of amides is 1. The van der Waals surface area contributed by atoms with Gasteiger partial charge >= 0.3 is 5.97 Å². The third-order valence-electron chi connectivity index (χ3n) is 6.95. The molecule has 6 N–H and O–H groups in total. The van der Waals surface area contributed by atoms with Crippen molar-refractivity contribution in [2.24, 2.45) is 5.73 Å². The quantitative estimate of drug-likeness (QED) is 0.140. The van der Waals surface area contributed by atoms with Gasteiger partial charge in [0.25, 0.3) is 5.91 Å². The molecule has 0 atom stereocenters. The molecular formula is C30H29N7O3. The number of nitrogen functional groups attached to an aromatic ring is 1. The van der Waals surface area contributed by atoms with Gasteiger partial charge in [0, 0.05) is 41.2 Å². The highest BCUT2D eigenvalue weighted by molar-refractivity contribution is 6.01. The Hall–Kier alpha value is -5.25. The molecule has 0 aliphatic rings. The minimum absolute atomic E-state index is 0.00679. The van der Waals surface area contributed by atoms with Crippen LogP contribution in [0.4, 0.5) is 0 Å². The smallest absolute Gasteiger partial charge is 0.336 e. The molecule has 0 unspecified atom stereocenters. The third kappa shape index (κ3) is 5.19. The van der Waals surface area contributed by atoms with Crippen molar-refractivity contribution in [2.75, 3.05) is 0 Å². The number of aromatic carboxylic acids is 1. The van der Waals surface area contributed by atoms with Crippen LogP contribution in [0, 0.1) is 12.3 Å². The van der Waals surface area contributed by atoms with Gasteiger partial charge in [0.15, 0.2) is 0 Å². The number of hydrogen-bond donors (Lipinski definition) is 5. The summed E-state index contributed by atoms with van der Waals surface area (Å²) in [6.07, 6.45) is 3.95. The number of hydrogen-bond acceptors (Lipinski definition) is 5. The Morgan fingerprint density at radius 3 is 2.55 bits per heavy atom. The largest absolute Gasteiger partial charge is 0.478 e. The van der Waals surface area contributed by atoms with E-state index in [1.165, 1.54) is 6.33 Å². The molecule has 40 heavy (non-hydrogen) atoms. The van der Waals surface area contributed by atoms with Crippen LogP contribution >= 0.6 is 0 Å². The zero-order valence-electron chi connectivity index (χ0n) is 22.2. The fraction of sp³-hybridized carbons (Fsp3) is 0.167. The Bertz CT molecular complexity index is 1750. The Morgan fingerprint density at radius 1 is 1.05 bits per heavy atom. The van der Waals surface area contributed by atoms with Gasteiger partial charge < -0.3 is 20.7 Å². The third-order valence-corrected chi connectivity index (χ3v) is 6.95. The van der Waals surface area contributed by atoms with Crippen LogP contribution in [0.15, 0.2) is 67.1 Å². The molecule has 0 aliphatic carbocycles. The van der Waals surface area contributed by atoms with Crippen molar-refractivity contribution in [1.29, 1.82) is 5.41 Å². The SMILES string of the molecule is CCn1cc(Cc2ccc(C(=O)NCc3ncn[nH]3)cc2-c2ccc(C)cc2C(=O)O)c2ccc(C(=N)N)cc21. The maximum absolute atomic E-state index is 13.0. The van der Waals surface area contributed by atoms with Crippen molar-refractivity contribution in [1.82, 2.24) is 25.1 Å². The summed E-state index contributed by atoms with van der Waals surface area (Å²) in [6, 6.07) is 16.4. The molecule has 1 amide bonds. The monoisotopic (exact) mass is 535 g/mol. The zero-order chi connectivity index (χ0) is 28.4. The predicted octanol–water partition coefficient (Wildman–Crippen LogP) is 4.26. The first-order valence-corrected chi connectivity index (χ1v) is 12.8. The summed E-state index contributed by atoms with van der Waals surface area (Å²) in [5.41, 5.74) is 11.9. The lowest BCUT2D eigenvalue weighted by atomic mass is 9.89. The molecule has 2 heterocycles. The Kier molecular flexibility index (Phi) is 7.15. The highest BCUT2D eigenvalue weighted by Crippen LogP contribution is 2.33. The number of nitrogens with zero attached hydrogens (tertiary/aromatic N) is 3. The number of aromatic nitrogens is 4. The van der Waals surface area contributed by atoms with Gasteiger partial charge in [-0.15, -0.1) is 0 Å². The molecular weight excluding hydrogens is 506 g/mol. The summed E-state index contributed by atoms with van der Waals surface area (Å²) in [5, 5.41) is 28.2. The number of benzene rings is 3. The Morgan fingerprint density at radius 2 is 1.85 bits per heavy atom. The van der Waals surface area contributed by atoms with E-state index in [2.05, 4.69) is 31.3 Å². The van der Waals surface area contributed by atoms with Crippen molar-refractivity contribution in [3.63, 3.8) is 0 Å². The van der Waals surface area contributed by atoms with Crippen molar-refractivity contribution >= 4 is 28.6 Å². The molecule has 0 spiro atoms. The number of carboxylic acid groups (broad SMARTS) is 1. The van der Waals surface area contributed by atoms with Gasteiger partial charge in [-0.05, 0) is 60.4 Å². The lowest BCUT2D eigenvalue weighted by Gasteiger charge is -2.15. The minimum Gasteiger partial charge on any atom is -0.478 e. The van der Waals surface area contributed by atoms with Gasteiger partial charge in [0.1, 0.15) is 18.0 Å². The number of rotatable bonds is 9. The molecule has 5 aromatic rings. The van der Waals surface area contributed by atoms with Gasteiger partial charge in [-0.3, -0.25) is 15.3 Å². The molecule has 0 bridgehead atoms. The van der Waals surface area contributed by atoms with Crippen LogP contribution in [0.5, 0.6) is 0 Å². The minimum atomic E-state index is -1.04. The lowest BCUT2D eigenvalue weighted by molar-refractivity contribution is 0.0697. The molecule has 202 valence electrons. The van der Waals surface area contributed by atoms with E-state index < -0.39 is 5.97 Å². The summed E-state index contributed by atoms with van der Waals surface area (Å²) in [7, 11) is 0. The van der Waals surface area contributed by atoms with Crippen molar-refractivity contribution in [3.8, 4) is 11.1 Å². The van der Waals surface area contributed by atoms with Crippen LogP contribution in [-0.2, 0) is 19.5 Å². The second kappa shape index (κ2) is 10.9. The Labute approximate surface area is 230 Å². The summed E-state index contributed by atoms with van der Waals surface area (Å²) in [6.45, 7) is 4.81. The highest BCUT2D eigenvalue weighted by atomic mass is 16.4. The maximum Gasteiger partial charge on any atom is 0.336 e. The average molecular weight is 536 g/mol. The number of nitrogens with one attached hydrogen (secondary N) is 3. The molecule has 2 aromatic heterocycles. The second-order valence-corrected chi connectivity index (χ2v) is 9.60. The van der Waals surface area contributed by atoms with Crippen LogP contribution in [0.3, 0.4) is 0 Å². The molecule has 10 heteroatoms. The van der Waals surface area contributed by atoms with Crippen LogP contribution in [0.25, 0.3) is 22.0 Å². The molecule has 0 aliphatic heterocycles. The summed E-state index contributed by atoms with van der Waals surface area (Å²) >= 11 is 0. The number of fused-ring (bicyclic) bond motifs is 1. The van der Waals surface area contributed by atoms with Crippen molar-refractivity contribution in [3.05, 3.63) is 106 Å². The number of nitrogens with two attached hydrogens (primary N) is 1. The van der Waals surface area contributed by atoms with E-state index in [9.17, 15) is 14.7 Å². The van der Waals surface area contributed by atoms with Crippen LogP contribution in [-0.4, -0.2) is 42.6 Å².